The summed E-state index contributed by atoms with van der Waals surface area (Å²) in [6, 6.07) is -0.164. The van der Waals surface area contributed by atoms with Gasteiger partial charge in [0.05, 0.1) is 12.1 Å². The maximum Gasteiger partial charge on any atom is 0.239 e. The van der Waals surface area contributed by atoms with E-state index in [0.717, 1.165) is 32.4 Å². The molecule has 90 valence electrons. The standard InChI is InChI=1S/C13H22N2O/c1-4-12(5-2)14-11(3)13(16)15-9-7-6-8-10-15/h1,11-12,14H,5-10H2,2-3H3. The molecule has 3 heteroatoms. The fourth-order valence-electron chi connectivity index (χ4n) is 2.05. The molecule has 1 fully saturated rings. The van der Waals surface area contributed by atoms with Crippen molar-refractivity contribution in [1.29, 1.82) is 0 Å². The number of nitrogens with one attached hydrogen (secondary N) is 1. The van der Waals surface area contributed by atoms with Crippen LogP contribution in [-0.2, 0) is 4.79 Å². The van der Waals surface area contributed by atoms with Crippen molar-refractivity contribution in [3.05, 3.63) is 0 Å². The van der Waals surface area contributed by atoms with E-state index in [0.29, 0.717) is 0 Å². The van der Waals surface area contributed by atoms with Gasteiger partial charge in [0.15, 0.2) is 0 Å². The second-order valence-corrected chi connectivity index (χ2v) is 4.40. The van der Waals surface area contributed by atoms with E-state index in [1.807, 2.05) is 18.7 Å². The van der Waals surface area contributed by atoms with E-state index in [2.05, 4.69) is 11.2 Å². The summed E-state index contributed by atoms with van der Waals surface area (Å²) in [4.78, 5) is 14.0. The summed E-state index contributed by atoms with van der Waals surface area (Å²) in [5, 5.41) is 3.19. The van der Waals surface area contributed by atoms with Gasteiger partial charge in [0.1, 0.15) is 0 Å². The highest BCUT2D eigenvalue weighted by Crippen LogP contribution is 2.10. The average molecular weight is 222 g/mol. The Morgan fingerprint density at radius 2 is 2.06 bits per heavy atom. The average Bonchev–Trinajstić information content (AvgIpc) is 2.35. The number of piperidine rings is 1. The fraction of sp³-hybridized carbons (Fsp3) is 0.769. The predicted octanol–water partition coefficient (Wildman–Crippen LogP) is 1.39. The molecular weight excluding hydrogens is 200 g/mol. The van der Waals surface area contributed by atoms with E-state index in [9.17, 15) is 4.79 Å². The summed E-state index contributed by atoms with van der Waals surface area (Å²) in [6.07, 6.45) is 9.73. The SMILES string of the molecule is C#CC(CC)NC(C)C(=O)N1CCCCC1. The summed E-state index contributed by atoms with van der Waals surface area (Å²) in [5.41, 5.74) is 0. The first-order valence-corrected chi connectivity index (χ1v) is 6.20. The molecule has 1 aliphatic heterocycles. The molecule has 0 aromatic rings. The smallest absolute Gasteiger partial charge is 0.239 e. The van der Waals surface area contributed by atoms with Gasteiger partial charge in [-0.25, -0.2) is 0 Å². The monoisotopic (exact) mass is 222 g/mol. The lowest BCUT2D eigenvalue weighted by Crippen LogP contribution is -2.49. The minimum absolute atomic E-state index is 0.00346. The fourth-order valence-corrected chi connectivity index (χ4v) is 2.05. The molecule has 0 aromatic heterocycles. The van der Waals surface area contributed by atoms with E-state index in [1.165, 1.54) is 6.42 Å². The van der Waals surface area contributed by atoms with Gasteiger partial charge in [0.2, 0.25) is 5.91 Å². The lowest BCUT2D eigenvalue weighted by molar-refractivity contribution is -0.134. The third-order valence-corrected chi connectivity index (χ3v) is 3.10. The molecule has 0 aliphatic carbocycles. The van der Waals surface area contributed by atoms with Crippen LogP contribution in [0.5, 0.6) is 0 Å². The third-order valence-electron chi connectivity index (χ3n) is 3.10. The van der Waals surface area contributed by atoms with Crippen LogP contribution < -0.4 is 5.32 Å². The molecule has 1 aliphatic rings. The predicted molar refractivity (Wildman–Crippen MR) is 65.9 cm³/mol. The van der Waals surface area contributed by atoms with Gasteiger partial charge in [-0.1, -0.05) is 12.8 Å². The summed E-state index contributed by atoms with van der Waals surface area (Å²) in [5.74, 6) is 2.85. The van der Waals surface area contributed by atoms with Crippen molar-refractivity contribution in [2.75, 3.05) is 13.1 Å². The van der Waals surface area contributed by atoms with Crippen molar-refractivity contribution in [3.63, 3.8) is 0 Å². The molecule has 0 radical (unpaired) electrons. The van der Waals surface area contributed by atoms with Gasteiger partial charge >= 0.3 is 0 Å². The molecule has 2 unspecified atom stereocenters. The van der Waals surface area contributed by atoms with E-state index < -0.39 is 0 Å². The van der Waals surface area contributed by atoms with Gasteiger partial charge in [-0.3, -0.25) is 10.1 Å². The molecule has 3 nitrogen and oxygen atoms in total. The highest BCUT2D eigenvalue weighted by atomic mass is 16.2. The molecule has 2 atom stereocenters. The molecule has 1 amide bonds. The normalized spacial score (nSPS) is 19.9. The number of rotatable bonds is 4. The Morgan fingerprint density at radius 1 is 1.44 bits per heavy atom. The largest absolute Gasteiger partial charge is 0.341 e. The van der Waals surface area contributed by atoms with Crippen LogP contribution in [0, 0.1) is 12.3 Å². The first kappa shape index (κ1) is 13.1. The van der Waals surface area contributed by atoms with Crippen LogP contribution in [0.25, 0.3) is 0 Å². The second kappa shape index (κ2) is 6.55. The Labute approximate surface area is 98.6 Å². The first-order chi connectivity index (χ1) is 7.69. The minimum atomic E-state index is -0.168. The number of carbonyl (C=O) groups excluding carboxylic acids is 1. The Morgan fingerprint density at radius 3 is 2.56 bits per heavy atom. The zero-order chi connectivity index (χ0) is 12.0. The summed E-state index contributed by atoms with van der Waals surface area (Å²) >= 11 is 0. The zero-order valence-electron chi connectivity index (χ0n) is 10.3. The van der Waals surface area contributed by atoms with Crippen LogP contribution in [0.3, 0.4) is 0 Å². The van der Waals surface area contributed by atoms with Crippen LogP contribution in [0.1, 0.15) is 39.5 Å². The molecular formula is C13H22N2O. The van der Waals surface area contributed by atoms with Crippen LogP contribution in [0.2, 0.25) is 0 Å². The van der Waals surface area contributed by atoms with Crippen molar-refractivity contribution < 1.29 is 4.79 Å². The van der Waals surface area contributed by atoms with E-state index in [-0.39, 0.29) is 18.0 Å². The molecule has 0 spiro atoms. The van der Waals surface area contributed by atoms with Crippen molar-refractivity contribution >= 4 is 5.91 Å². The number of likely N-dealkylation sites (tertiary alicyclic amines) is 1. The molecule has 1 N–H and O–H groups in total. The lowest BCUT2D eigenvalue weighted by atomic mass is 10.1. The highest BCUT2D eigenvalue weighted by molar-refractivity contribution is 5.81. The quantitative estimate of drug-likeness (QED) is 0.729. The molecule has 0 saturated carbocycles. The highest BCUT2D eigenvalue weighted by Gasteiger charge is 2.22. The minimum Gasteiger partial charge on any atom is -0.341 e. The Bertz CT molecular complexity index is 264. The van der Waals surface area contributed by atoms with Gasteiger partial charge in [0.25, 0.3) is 0 Å². The Kier molecular flexibility index (Phi) is 5.34. The second-order valence-electron chi connectivity index (χ2n) is 4.40. The molecule has 1 saturated heterocycles. The van der Waals surface area contributed by atoms with Crippen LogP contribution in [-0.4, -0.2) is 36.0 Å². The van der Waals surface area contributed by atoms with E-state index in [4.69, 9.17) is 6.42 Å². The number of hydrogen-bond acceptors (Lipinski definition) is 2. The molecule has 1 heterocycles. The maximum atomic E-state index is 12.1. The van der Waals surface area contributed by atoms with Crippen LogP contribution >= 0.6 is 0 Å². The number of nitrogens with zero attached hydrogens (tertiary/aromatic N) is 1. The number of hydrogen-bond donors (Lipinski definition) is 1. The van der Waals surface area contributed by atoms with Gasteiger partial charge in [-0.05, 0) is 32.6 Å². The van der Waals surface area contributed by atoms with Crippen molar-refractivity contribution in [2.24, 2.45) is 0 Å². The van der Waals surface area contributed by atoms with Crippen LogP contribution in [0.15, 0.2) is 0 Å². The van der Waals surface area contributed by atoms with Crippen molar-refractivity contribution in [2.45, 2.75) is 51.6 Å². The summed E-state index contributed by atoms with van der Waals surface area (Å²) in [6.45, 7) is 5.72. The number of carbonyl (C=O) groups is 1. The van der Waals surface area contributed by atoms with E-state index in [1.54, 1.807) is 0 Å². The Hall–Kier alpha value is -1.01. The van der Waals surface area contributed by atoms with E-state index >= 15 is 0 Å². The lowest BCUT2D eigenvalue weighted by Gasteiger charge is -2.30. The molecule has 1 rings (SSSR count). The van der Waals surface area contributed by atoms with Gasteiger partial charge < -0.3 is 4.90 Å². The van der Waals surface area contributed by atoms with Gasteiger partial charge in [0, 0.05) is 13.1 Å². The topological polar surface area (TPSA) is 32.3 Å². The number of terminal acetylenes is 1. The van der Waals surface area contributed by atoms with Gasteiger partial charge in [-0.2, -0.15) is 0 Å². The molecule has 16 heavy (non-hydrogen) atoms. The Balaban J connectivity index is 2.43. The van der Waals surface area contributed by atoms with Crippen molar-refractivity contribution in [1.82, 2.24) is 10.2 Å². The molecule has 0 aromatic carbocycles. The zero-order valence-corrected chi connectivity index (χ0v) is 10.3. The first-order valence-electron chi connectivity index (χ1n) is 6.20. The van der Waals surface area contributed by atoms with Crippen molar-refractivity contribution in [3.8, 4) is 12.3 Å². The molecule has 0 bridgehead atoms. The summed E-state index contributed by atoms with van der Waals surface area (Å²) in [7, 11) is 0. The maximum absolute atomic E-state index is 12.1. The van der Waals surface area contributed by atoms with Crippen LogP contribution in [0.4, 0.5) is 0 Å². The van der Waals surface area contributed by atoms with Gasteiger partial charge in [-0.15, -0.1) is 6.42 Å². The number of amides is 1. The summed E-state index contributed by atoms with van der Waals surface area (Å²) < 4.78 is 0. The third kappa shape index (κ3) is 3.53.